The van der Waals surface area contributed by atoms with Crippen LogP contribution in [0.4, 0.5) is 0 Å². The van der Waals surface area contributed by atoms with E-state index in [0.29, 0.717) is 5.75 Å². The van der Waals surface area contributed by atoms with Crippen LogP contribution in [-0.4, -0.2) is 26.9 Å². The van der Waals surface area contributed by atoms with Crippen LogP contribution in [0.15, 0.2) is 24.3 Å². The molecule has 1 N–H and O–H groups in total. The van der Waals surface area contributed by atoms with Crippen LogP contribution >= 0.6 is 0 Å². The number of rotatable bonds is 13. The van der Waals surface area contributed by atoms with Crippen LogP contribution in [0.1, 0.15) is 65.7 Å². The quantitative estimate of drug-likeness (QED) is 0.412. The third kappa shape index (κ3) is 6.65. The van der Waals surface area contributed by atoms with E-state index >= 15 is 0 Å². The van der Waals surface area contributed by atoms with E-state index in [1.54, 1.807) is 6.07 Å². The van der Waals surface area contributed by atoms with Crippen molar-refractivity contribution >= 4 is 13.7 Å². The average molecular weight is 339 g/mol. The van der Waals surface area contributed by atoms with Crippen LogP contribution < -0.4 is 5.19 Å². The fraction of sp³-hybridized carbons (Fsp3) is 0.684. The highest BCUT2D eigenvalue weighted by molar-refractivity contribution is 6.81. The first-order valence-electron chi connectivity index (χ1n) is 9.26. The molecule has 1 aromatic carbocycles. The Bertz CT molecular complexity index is 411. The van der Waals surface area contributed by atoms with Gasteiger partial charge in [-0.2, -0.15) is 0 Å². The van der Waals surface area contributed by atoms with Crippen LogP contribution in [-0.2, 0) is 8.85 Å². The van der Waals surface area contributed by atoms with Crippen molar-refractivity contribution in [1.82, 2.24) is 0 Å². The maximum atomic E-state index is 10.4. The van der Waals surface area contributed by atoms with Gasteiger partial charge in [-0.1, -0.05) is 71.1 Å². The van der Waals surface area contributed by atoms with Gasteiger partial charge in [0.05, 0.1) is 0 Å². The number of phenols is 1. The van der Waals surface area contributed by atoms with E-state index in [1.807, 2.05) is 18.2 Å². The summed E-state index contributed by atoms with van der Waals surface area (Å²) in [6, 6.07) is 8.45. The second-order valence-corrected chi connectivity index (χ2v) is 9.25. The Hall–Kier alpha value is -0.843. The highest BCUT2D eigenvalue weighted by atomic mass is 28.4. The summed E-state index contributed by atoms with van der Waals surface area (Å²) in [5.74, 6) is 0.318. The molecule has 1 aromatic rings. The van der Waals surface area contributed by atoms with Crippen molar-refractivity contribution in [2.75, 3.05) is 13.2 Å². The van der Waals surface area contributed by atoms with Gasteiger partial charge in [0, 0.05) is 18.4 Å². The van der Waals surface area contributed by atoms with E-state index in [2.05, 4.69) is 20.8 Å². The lowest BCUT2D eigenvalue weighted by Crippen LogP contribution is -2.54. The molecule has 0 unspecified atom stereocenters. The smallest absolute Gasteiger partial charge is 0.376 e. The highest BCUT2D eigenvalue weighted by Crippen LogP contribution is 2.22. The molecule has 0 aliphatic rings. The topological polar surface area (TPSA) is 38.7 Å². The molecule has 4 heteroatoms. The third-order valence-electron chi connectivity index (χ3n) is 4.06. The van der Waals surface area contributed by atoms with Crippen molar-refractivity contribution in [2.24, 2.45) is 0 Å². The minimum absolute atomic E-state index is 0.318. The zero-order chi connectivity index (χ0) is 17.0. The third-order valence-corrected chi connectivity index (χ3v) is 7.80. The molecule has 0 radical (unpaired) electrons. The molecule has 1 rings (SSSR count). The molecule has 23 heavy (non-hydrogen) atoms. The standard InChI is InChI=1S/C19H34O3Si/c1-4-7-11-15-21-23(17-6-3,22-16-12-8-5-2)19-14-10-9-13-18(19)20/h9-10,13-14,20H,4-8,11-12,15-17H2,1-3H3. The minimum Gasteiger partial charge on any atom is -0.508 e. The average Bonchev–Trinajstić information content (AvgIpc) is 2.56. The van der Waals surface area contributed by atoms with Gasteiger partial charge >= 0.3 is 8.56 Å². The maximum Gasteiger partial charge on any atom is 0.376 e. The Kier molecular flexibility index (Phi) is 10.2. The molecule has 0 fully saturated rings. The van der Waals surface area contributed by atoms with E-state index in [4.69, 9.17) is 8.85 Å². The molecule has 132 valence electrons. The van der Waals surface area contributed by atoms with Crippen molar-refractivity contribution in [1.29, 1.82) is 0 Å². The number of benzene rings is 1. The van der Waals surface area contributed by atoms with Crippen LogP contribution in [0.5, 0.6) is 5.75 Å². The number of phenolic OH excluding ortho intramolecular Hbond substituents is 1. The van der Waals surface area contributed by atoms with E-state index in [0.717, 1.165) is 43.7 Å². The number of para-hydroxylation sites is 1. The number of hydrogen-bond acceptors (Lipinski definition) is 3. The summed E-state index contributed by atoms with van der Waals surface area (Å²) in [4.78, 5) is 0. The minimum atomic E-state index is -2.57. The van der Waals surface area contributed by atoms with Crippen LogP contribution in [0, 0.1) is 0 Å². The molecule has 0 aromatic heterocycles. The summed E-state index contributed by atoms with van der Waals surface area (Å²) in [6.45, 7) is 8.00. The van der Waals surface area contributed by atoms with E-state index < -0.39 is 8.56 Å². The van der Waals surface area contributed by atoms with Crippen molar-refractivity contribution in [3.8, 4) is 5.75 Å². The fourth-order valence-electron chi connectivity index (χ4n) is 2.78. The van der Waals surface area contributed by atoms with Gasteiger partial charge in [-0.15, -0.1) is 0 Å². The van der Waals surface area contributed by atoms with Gasteiger partial charge in [-0.05, 0) is 25.0 Å². The molecule has 0 amide bonds. The summed E-state index contributed by atoms with van der Waals surface area (Å²) in [5.41, 5.74) is 0. The first-order chi connectivity index (χ1) is 11.2. The number of aromatic hydroxyl groups is 1. The Labute approximate surface area is 143 Å². The van der Waals surface area contributed by atoms with Gasteiger partial charge in [0.1, 0.15) is 5.75 Å². The Morgan fingerprint density at radius 1 is 0.826 bits per heavy atom. The molecule has 0 spiro atoms. The van der Waals surface area contributed by atoms with Crippen molar-refractivity contribution in [2.45, 2.75) is 71.8 Å². The van der Waals surface area contributed by atoms with Gasteiger partial charge in [-0.3, -0.25) is 0 Å². The van der Waals surface area contributed by atoms with Gasteiger partial charge < -0.3 is 14.0 Å². The lowest BCUT2D eigenvalue weighted by Gasteiger charge is -2.31. The molecule has 3 nitrogen and oxygen atoms in total. The molecule has 0 saturated heterocycles. The van der Waals surface area contributed by atoms with Gasteiger partial charge in [-0.25, -0.2) is 0 Å². The normalized spacial score (nSPS) is 11.8. The Balaban J connectivity index is 2.91. The second-order valence-electron chi connectivity index (χ2n) is 6.13. The SMILES string of the molecule is CCCCCO[Si](CCC)(OCCCCC)c1ccccc1O. The summed E-state index contributed by atoms with van der Waals surface area (Å²) < 4.78 is 12.8. The lowest BCUT2D eigenvalue weighted by atomic mass is 10.3. The predicted octanol–water partition coefficient (Wildman–Crippen LogP) is 4.87. The largest absolute Gasteiger partial charge is 0.508 e. The molecule has 0 saturated carbocycles. The molecular weight excluding hydrogens is 304 g/mol. The molecule has 0 atom stereocenters. The number of unbranched alkanes of at least 4 members (excludes halogenated alkanes) is 4. The van der Waals surface area contributed by atoms with E-state index in [1.165, 1.54) is 25.7 Å². The van der Waals surface area contributed by atoms with Crippen molar-refractivity contribution in [3.05, 3.63) is 24.3 Å². The summed E-state index contributed by atoms with van der Waals surface area (Å²) >= 11 is 0. The van der Waals surface area contributed by atoms with Crippen LogP contribution in [0.3, 0.4) is 0 Å². The molecule has 0 aliphatic carbocycles. The summed E-state index contributed by atoms with van der Waals surface area (Å²) in [5, 5.41) is 11.3. The van der Waals surface area contributed by atoms with Crippen molar-refractivity contribution < 1.29 is 14.0 Å². The summed E-state index contributed by atoms with van der Waals surface area (Å²) in [7, 11) is -2.57. The number of hydrogen-bond donors (Lipinski definition) is 1. The monoisotopic (exact) mass is 338 g/mol. The first kappa shape index (κ1) is 20.2. The molecule has 0 bridgehead atoms. The van der Waals surface area contributed by atoms with Gasteiger partial charge in [0.15, 0.2) is 0 Å². The Morgan fingerprint density at radius 3 is 1.87 bits per heavy atom. The fourth-order valence-corrected chi connectivity index (χ4v) is 6.16. The Morgan fingerprint density at radius 2 is 1.39 bits per heavy atom. The maximum absolute atomic E-state index is 10.4. The van der Waals surface area contributed by atoms with Crippen molar-refractivity contribution in [3.63, 3.8) is 0 Å². The lowest BCUT2D eigenvalue weighted by molar-refractivity contribution is 0.172. The van der Waals surface area contributed by atoms with E-state index in [9.17, 15) is 5.11 Å². The zero-order valence-corrected chi connectivity index (χ0v) is 16.1. The van der Waals surface area contributed by atoms with Crippen LogP contribution in [0.2, 0.25) is 6.04 Å². The molecular formula is C19H34O3Si. The highest BCUT2D eigenvalue weighted by Gasteiger charge is 2.41. The van der Waals surface area contributed by atoms with E-state index in [-0.39, 0.29) is 0 Å². The zero-order valence-electron chi connectivity index (χ0n) is 15.1. The molecule has 0 heterocycles. The predicted molar refractivity (Wildman–Crippen MR) is 99.5 cm³/mol. The van der Waals surface area contributed by atoms with Gasteiger partial charge in [0.2, 0.25) is 0 Å². The van der Waals surface area contributed by atoms with Gasteiger partial charge in [0.25, 0.3) is 0 Å². The van der Waals surface area contributed by atoms with Crippen LogP contribution in [0.25, 0.3) is 0 Å². The first-order valence-corrected chi connectivity index (χ1v) is 11.3. The second kappa shape index (κ2) is 11.7. The summed E-state index contributed by atoms with van der Waals surface area (Å²) in [6.07, 6.45) is 7.82. The molecule has 0 aliphatic heterocycles.